The number of carbonyl (C=O) groups excluding carboxylic acids is 2. The Kier molecular flexibility index (Phi) is 11.2. The van der Waals surface area contributed by atoms with E-state index in [1.54, 1.807) is 12.1 Å². The standard InChI is InChI=1S/C36H39Cl2N3O4S/c1-25-11-15-28(16-12-25)23-40(33(35(43)39-36(3,4)5)21-27-9-7-6-8-10-27)34(42)24-41(29-17-20-31(37)32(38)22-29)46(44,45)30-18-13-26(2)14-19-30/h6-20,22,33H,21,23-24H2,1-5H3,(H,39,43)/t33-/m0/s1. The van der Waals surface area contributed by atoms with Gasteiger partial charge < -0.3 is 10.2 Å². The summed E-state index contributed by atoms with van der Waals surface area (Å²) in [5.74, 6) is -0.911. The number of rotatable bonds is 11. The Morgan fingerprint density at radius 1 is 0.783 bits per heavy atom. The highest BCUT2D eigenvalue weighted by atomic mass is 35.5. The van der Waals surface area contributed by atoms with E-state index in [1.807, 2.05) is 89.2 Å². The summed E-state index contributed by atoms with van der Waals surface area (Å²) in [5, 5.41) is 3.41. The van der Waals surface area contributed by atoms with Gasteiger partial charge in [0.2, 0.25) is 11.8 Å². The molecule has 0 aliphatic carbocycles. The molecular formula is C36H39Cl2N3O4S. The van der Waals surface area contributed by atoms with Crippen LogP contribution in [0.15, 0.2) is 102 Å². The van der Waals surface area contributed by atoms with Gasteiger partial charge >= 0.3 is 0 Å². The molecule has 4 aromatic rings. The van der Waals surface area contributed by atoms with Crippen LogP contribution in [0.1, 0.15) is 43.0 Å². The minimum Gasteiger partial charge on any atom is -0.350 e. The van der Waals surface area contributed by atoms with Crippen LogP contribution < -0.4 is 9.62 Å². The van der Waals surface area contributed by atoms with Crippen LogP contribution in [0, 0.1) is 13.8 Å². The first-order chi connectivity index (χ1) is 21.6. The average molecular weight is 681 g/mol. The van der Waals surface area contributed by atoms with Crippen LogP contribution >= 0.6 is 23.2 Å². The molecule has 4 aromatic carbocycles. The lowest BCUT2D eigenvalue weighted by Crippen LogP contribution is -2.56. The van der Waals surface area contributed by atoms with Gasteiger partial charge in [-0.3, -0.25) is 13.9 Å². The second-order valence-corrected chi connectivity index (χ2v) is 15.1. The normalized spacial score (nSPS) is 12.3. The number of nitrogens with one attached hydrogen (secondary N) is 1. The van der Waals surface area contributed by atoms with E-state index in [-0.39, 0.29) is 39.5 Å². The van der Waals surface area contributed by atoms with Crippen molar-refractivity contribution >= 4 is 50.7 Å². The molecule has 7 nitrogen and oxygen atoms in total. The summed E-state index contributed by atoms with van der Waals surface area (Å²) in [6, 6.07) is 26.9. The van der Waals surface area contributed by atoms with Crippen LogP contribution in [-0.4, -0.2) is 43.3 Å². The third-order valence-corrected chi connectivity index (χ3v) is 9.85. The van der Waals surface area contributed by atoms with E-state index in [0.29, 0.717) is 0 Å². The Bertz CT molecular complexity index is 1770. The molecule has 0 radical (unpaired) electrons. The molecule has 242 valence electrons. The maximum absolute atomic E-state index is 14.6. The first kappa shape index (κ1) is 35.0. The number of nitrogens with zero attached hydrogens (tertiary/aromatic N) is 2. The highest BCUT2D eigenvalue weighted by molar-refractivity contribution is 7.92. The van der Waals surface area contributed by atoms with Crippen molar-refractivity contribution in [2.24, 2.45) is 0 Å². The fourth-order valence-electron chi connectivity index (χ4n) is 4.90. The molecule has 0 bridgehead atoms. The van der Waals surface area contributed by atoms with Gasteiger partial charge in [0.15, 0.2) is 0 Å². The van der Waals surface area contributed by atoms with Crippen LogP contribution in [0.5, 0.6) is 0 Å². The van der Waals surface area contributed by atoms with Gasteiger partial charge in [-0.1, -0.05) is 101 Å². The number of sulfonamides is 1. The van der Waals surface area contributed by atoms with Gasteiger partial charge in [-0.05, 0) is 76.1 Å². The minimum absolute atomic E-state index is 0.00775. The van der Waals surface area contributed by atoms with Crippen LogP contribution in [-0.2, 0) is 32.6 Å². The van der Waals surface area contributed by atoms with Gasteiger partial charge in [-0.2, -0.15) is 0 Å². The van der Waals surface area contributed by atoms with Crippen LogP contribution in [0.3, 0.4) is 0 Å². The number of amides is 2. The van der Waals surface area contributed by atoms with Crippen molar-refractivity contribution < 1.29 is 18.0 Å². The van der Waals surface area contributed by atoms with Crippen molar-refractivity contribution in [2.75, 3.05) is 10.8 Å². The van der Waals surface area contributed by atoms with Crippen molar-refractivity contribution in [3.05, 3.63) is 129 Å². The summed E-state index contributed by atoms with van der Waals surface area (Å²) >= 11 is 12.5. The molecule has 0 heterocycles. The van der Waals surface area contributed by atoms with Crippen molar-refractivity contribution in [3.63, 3.8) is 0 Å². The molecule has 0 aliphatic rings. The molecule has 10 heteroatoms. The van der Waals surface area contributed by atoms with E-state index in [2.05, 4.69) is 5.32 Å². The summed E-state index contributed by atoms with van der Waals surface area (Å²) < 4.78 is 29.4. The SMILES string of the molecule is Cc1ccc(CN(C(=O)CN(c2ccc(Cl)c(Cl)c2)S(=O)(=O)c2ccc(C)cc2)[C@@H](Cc2ccccc2)C(=O)NC(C)(C)C)cc1. The summed E-state index contributed by atoms with van der Waals surface area (Å²) in [4.78, 5) is 30.0. The van der Waals surface area contributed by atoms with Gasteiger partial charge in [0, 0.05) is 18.5 Å². The number of benzene rings is 4. The number of anilines is 1. The lowest BCUT2D eigenvalue weighted by Gasteiger charge is -2.35. The second-order valence-electron chi connectivity index (χ2n) is 12.4. The quantitative estimate of drug-likeness (QED) is 0.179. The molecule has 0 fully saturated rings. The molecule has 0 spiro atoms. The average Bonchev–Trinajstić information content (AvgIpc) is 2.99. The molecule has 46 heavy (non-hydrogen) atoms. The third-order valence-electron chi connectivity index (χ3n) is 7.32. The number of hydrogen-bond acceptors (Lipinski definition) is 4. The number of hydrogen-bond donors (Lipinski definition) is 1. The molecule has 0 aromatic heterocycles. The van der Waals surface area contributed by atoms with E-state index in [4.69, 9.17) is 23.2 Å². The summed E-state index contributed by atoms with van der Waals surface area (Å²) in [6.45, 7) is 8.92. The fourth-order valence-corrected chi connectivity index (χ4v) is 6.60. The largest absolute Gasteiger partial charge is 0.350 e. The first-order valence-electron chi connectivity index (χ1n) is 14.9. The maximum Gasteiger partial charge on any atom is 0.264 e. The van der Waals surface area contributed by atoms with Crippen LogP contribution in [0.2, 0.25) is 10.0 Å². The van der Waals surface area contributed by atoms with Gasteiger partial charge in [0.1, 0.15) is 12.6 Å². The topological polar surface area (TPSA) is 86.8 Å². The van der Waals surface area contributed by atoms with E-state index in [9.17, 15) is 18.0 Å². The zero-order valence-corrected chi connectivity index (χ0v) is 29.0. The van der Waals surface area contributed by atoms with E-state index >= 15 is 0 Å². The van der Waals surface area contributed by atoms with Crippen LogP contribution in [0.25, 0.3) is 0 Å². The first-order valence-corrected chi connectivity index (χ1v) is 17.1. The fraction of sp³-hybridized carbons (Fsp3) is 0.278. The molecular weight excluding hydrogens is 641 g/mol. The van der Waals surface area contributed by atoms with E-state index in [0.717, 1.165) is 26.6 Å². The monoisotopic (exact) mass is 679 g/mol. The van der Waals surface area contributed by atoms with Gasteiger partial charge in [-0.15, -0.1) is 0 Å². The molecule has 4 rings (SSSR count). The van der Waals surface area contributed by atoms with E-state index in [1.165, 1.54) is 35.2 Å². The van der Waals surface area contributed by atoms with Crippen molar-refractivity contribution in [1.29, 1.82) is 0 Å². The maximum atomic E-state index is 14.6. The summed E-state index contributed by atoms with van der Waals surface area (Å²) in [5.41, 5.74) is 3.16. The number of aryl methyl sites for hydroxylation is 2. The lowest BCUT2D eigenvalue weighted by molar-refractivity contribution is -0.140. The summed E-state index contributed by atoms with van der Waals surface area (Å²) in [6.07, 6.45) is 0.220. The molecule has 0 unspecified atom stereocenters. The number of halogens is 2. The lowest BCUT2D eigenvalue weighted by atomic mass is 10.0. The van der Waals surface area contributed by atoms with Crippen molar-refractivity contribution in [1.82, 2.24) is 10.2 Å². The van der Waals surface area contributed by atoms with Gasteiger partial charge in [0.05, 0.1) is 20.6 Å². The predicted octanol–water partition coefficient (Wildman–Crippen LogP) is 7.36. The summed E-state index contributed by atoms with van der Waals surface area (Å²) in [7, 11) is -4.26. The van der Waals surface area contributed by atoms with E-state index < -0.39 is 34.1 Å². The highest BCUT2D eigenvalue weighted by Gasteiger charge is 2.35. The Morgan fingerprint density at radius 2 is 1.37 bits per heavy atom. The zero-order chi connectivity index (χ0) is 33.6. The molecule has 2 amide bonds. The zero-order valence-electron chi connectivity index (χ0n) is 26.6. The highest BCUT2D eigenvalue weighted by Crippen LogP contribution is 2.31. The smallest absolute Gasteiger partial charge is 0.264 e. The molecule has 0 aliphatic heterocycles. The Balaban J connectivity index is 1.83. The Hall–Kier alpha value is -3.85. The van der Waals surface area contributed by atoms with Gasteiger partial charge in [0.25, 0.3) is 10.0 Å². The number of carbonyl (C=O) groups is 2. The molecule has 1 N–H and O–H groups in total. The van der Waals surface area contributed by atoms with Crippen LogP contribution in [0.4, 0.5) is 5.69 Å². The molecule has 1 atom stereocenters. The second kappa shape index (κ2) is 14.7. The van der Waals surface area contributed by atoms with Gasteiger partial charge in [-0.25, -0.2) is 8.42 Å². The Labute approximate surface area is 282 Å². The van der Waals surface area contributed by atoms with Crippen molar-refractivity contribution in [3.8, 4) is 0 Å². The molecule has 0 saturated carbocycles. The third kappa shape index (κ3) is 9.12. The minimum atomic E-state index is -4.26. The Morgan fingerprint density at radius 3 is 1.93 bits per heavy atom. The molecule has 0 saturated heterocycles. The predicted molar refractivity (Wildman–Crippen MR) is 186 cm³/mol. The van der Waals surface area contributed by atoms with Crippen molar-refractivity contribution in [2.45, 2.75) is 64.1 Å².